The van der Waals surface area contributed by atoms with Crippen LogP contribution in [0.3, 0.4) is 0 Å². The molecule has 12 nitrogen and oxygen atoms in total. The highest BCUT2D eigenvalue weighted by molar-refractivity contribution is 5.95. The summed E-state index contributed by atoms with van der Waals surface area (Å²) in [4.78, 5) is 41.5. The molecule has 2 aliphatic rings. The summed E-state index contributed by atoms with van der Waals surface area (Å²) in [6.07, 6.45) is 11.3. The Kier molecular flexibility index (Phi) is 16.1. The molecule has 6 rings (SSSR count). The number of nitrogens with two attached hydrogens (primary N) is 1. The van der Waals surface area contributed by atoms with Gasteiger partial charge >= 0.3 is 5.69 Å². The number of para-hydroxylation sites is 1. The lowest BCUT2D eigenvalue weighted by Crippen LogP contribution is -2.35. The number of hydrogen-bond acceptors (Lipinski definition) is 9. The number of hydrogen-bond donors (Lipinski definition) is 3. The van der Waals surface area contributed by atoms with Crippen LogP contribution < -0.4 is 36.5 Å². The van der Waals surface area contributed by atoms with Gasteiger partial charge in [-0.1, -0.05) is 71.5 Å². The summed E-state index contributed by atoms with van der Waals surface area (Å²) in [5, 5.41) is 3.18. The Bertz CT molecular complexity index is 2450. The maximum absolute atomic E-state index is 14.3. The monoisotopic (exact) mass is 860 g/mol. The Hall–Kier alpha value is -6.01. The van der Waals surface area contributed by atoms with E-state index in [2.05, 4.69) is 68.8 Å². The molecule has 0 saturated carbocycles. The number of rotatable bonds is 16. The number of nitrogen functional groups attached to an aromatic ring is 1. The average Bonchev–Trinajstić information content (AvgIpc) is 3.64. The van der Waals surface area contributed by atoms with E-state index in [-0.39, 0.29) is 11.8 Å². The highest BCUT2D eigenvalue weighted by atomic mass is 16.5. The molecular weight excluding hydrogens is 797 g/mol. The number of carbonyl (C=O) groups excluding carboxylic acids is 1. The summed E-state index contributed by atoms with van der Waals surface area (Å²) >= 11 is 0. The van der Waals surface area contributed by atoms with Crippen molar-refractivity contribution in [3.8, 4) is 17.2 Å². The largest absolute Gasteiger partial charge is 0.494 e. The van der Waals surface area contributed by atoms with E-state index in [4.69, 9.17) is 29.4 Å². The number of anilines is 2. The minimum absolute atomic E-state index is 0.229. The van der Waals surface area contributed by atoms with Crippen molar-refractivity contribution in [2.45, 2.75) is 112 Å². The fourth-order valence-electron chi connectivity index (χ4n) is 8.24. The SMILES string of the molecule is C=C/C=C1Cc2cc(NC(=O)[C@H]3O[C@@H](n4cc(C)c(=O)[nH]c4=O)C[C@@H]3C)cc(c2OCCC)Cc2cccc(c2OCCC)Cc2cc(N)cc(c2OCCC)C/C=C/1OCCC. The van der Waals surface area contributed by atoms with E-state index in [1.54, 1.807) is 13.0 Å². The Balaban J connectivity index is 1.51. The van der Waals surface area contributed by atoms with Gasteiger partial charge in [-0.15, -0.1) is 0 Å². The molecule has 1 aromatic heterocycles. The number of nitrogens with zero attached hydrogens (tertiary/aromatic N) is 1. The molecule has 1 amide bonds. The van der Waals surface area contributed by atoms with Crippen LogP contribution in [0.1, 0.15) is 112 Å². The molecular formula is C51H64N4O8. The first-order chi connectivity index (χ1) is 30.5. The van der Waals surface area contributed by atoms with Gasteiger partial charge < -0.3 is 34.7 Å². The van der Waals surface area contributed by atoms with Gasteiger partial charge in [-0.3, -0.25) is 19.1 Å². The molecule has 0 unspecified atom stereocenters. The van der Waals surface area contributed by atoms with E-state index in [0.717, 1.165) is 81.9 Å². The number of benzene rings is 3. The third-order valence-electron chi connectivity index (χ3n) is 11.2. The van der Waals surface area contributed by atoms with E-state index < -0.39 is 23.6 Å². The molecule has 6 bridgehead atoms. The Labute approximate surface area is 371 Å². The van der Waals surface area contributed by atoms with Crippen molar-refractivity contribution in [2.75, 3.05) is 37.5 Å². The topological polar surface area (TPSA) is 156 Å². The molecule has 63 heavy (non-hydrogen) atoms. The van der Waals surface area contributed by atoms with Gasteiger partial charge in [-0.25, -0.2) is 4.79 Å². The third-order valence-corrected chi connectivity index (χ3v) is 11.2. The second-order valence-corrected chi connectivity index (χ2v) is 16.5. The Morgan fingerprint density at radius 1 is 0.841 bits per heavy atom. The van der Waals surface area contributed by atoms with E-state index in [9.17, 15) is 14.4 Å². The van der Waals surface area contributed by atoms with Gasteiger partial charge in [0, 0.05) is 64.7 Å². The van der Waals surface area contributed by atoms with Gasteiger partial charge in [0.15, 0.2) is 0 Å². The summed E-state index contributed by atoms with van der Waals surface area (Å²) < 4.78 is 34.0. The van der Waals surface area contributed by atoms with Gasteiger partial charge in [-0.2, -0.15) is 0 Å². The van der Waals surface area contributed by atoms with E-state index >= 15 is 0 Å². The molecule has 1 saturated heterocycles. The number of allylic oxidation sites excluding steroid dienone is 4. The molecule has 1 fully saturated rings. The molecule has 12 heteroatoms. The lowest BCUT2D eigenvalue weighted by molar-refractivity contribution is -0.130. The number of aromatic amines is 1. The first-order valence-corrected chi connectivity index (χ1v) is 22.5. The van der Waals surface area contributed by atoms with Crippen LogP contribution in [-0.4, -0.2) is 48.0 Å². The van der Waals surface area contributed by atoms with Gasteiger partial charge in [0.1, 0.15) is 35.3 Å². The number of aryl methyl sites for hydroxylation is 1. The summed E-state index contributed by atoms with van der Waals surface area (Å²) in [6, 6.07) is 14.2. The predicted octanol–water partition coefficient (Wildman–Crippen LogP) is 9.06. The molecule has 3 aromatic carbocycles. The molecule has 0 spiro atoms. The van der Waals surface area contributed by atoms with Crippen LogP contribution in [0.25, 0.3) is 0 Å². The minimum atomic E-state index is -0.862. The fourth-order valence-corrected chi connectivity index (χ4v) is 8.24. The molecule has 2 heterocycles. The van der Waals surface area contributed by atoms with Crippen LogP contribution >= 0.6 is 0 Å². The number of H-pyrrole nitrogens is 1. The highest BCUT2D eigenvalue weighted by Gasteiger charge is 2.39. The smallest absolute Gasteiger partial charge is 0.330 e. The number of fused-ring (bicyclic) bond motifs is 6. The van der Waals surface area contributed by atoms with Gasteiger partial charge in [0.2, 0.25) is 0 Å². The van der Waals surface area contributed by atoms with Gasteiger partial charge in [0.05, 0.1) is 26.4 Å². The second kappa shape index (κ2) is 21.9. The molecule has 4 N–H and O–H groups in total. The minimum Gasteiger partial charge on any atom is -0.494 e. The zero-order valence-electron chi connectivity index (χ0n) is 37.8. The van der Waals surface area contributed by atoms with E-state index in [1.165, 1.54) is 10.8 Å². The standard InChI is InChI=1S/C51H64N4O8/c1-8-14-34-24-39-29-42(53-50(57)45-32(6)23-44(63-45)55-31-33(7)49(56)54-51(55)58)30-40(48(39)62-22-12-5)26-36-16-13-15-35(46(36)60-20-10-3)25-38-28-41(52)27-37(47(38)61-21-11-4)17-18-43(34)59-19-9-2/h8,13-16,18,27-32,44-45H,1,9-12,17,19-26,52H2,2-7H3,(H,53,57)(H,54,56,58)/b34-14-,43-18-/t32-,44+,45-/m0/s1. The van der Waals surface area contributed by atoms with Gasteiger partial charge in [0.25, 0.3) is 11.5 Å². The lowest BCUT2D eigenvalue weighted by Gasteiger charge is -2.23. The number of nitrogens with one attached hydrogen (secondary N) is 2. The zero-order chi connectivity index (χ0) is 45.0. The van der Waals surface area contributed by atoms with E-state index in [0.29, 0.717) is 81.2 Å². The molecule has 4 aromatic rings. The Morgan fingerprint density at radius 2 is 1.40 bits per heavy atom. The zero-order valence-corrected chi connectivity index (χ0v) is 37.8. The number of ether oxygens (including phenoxy) is 5. The summed E-state index contributed by atoms with van der Waals surface area (Å²) in [6.45, 7) is 18.0. The van der Waals surface area contributed by atoms with Crippen LogP contribution in [0, 0.1) is 12.8 Å². The molecule has 0 radical (unpaired) electrons. The molecule has 1 aliphatic heterocycles. The van der Waals surface area contributed by atoms with Gasteiger partial charge in [-0.05, 0) is 98.4 Å². The van der Waals surface area contributed by atoms with Crippen molar-refractivity contribution >= 4 is 17.3 Å². The first kappa shape index (κ1) is 46.5. The quantitative estimate of drug-likeness (QED) is 0.0936. The summed E-state index contributed by atoms with van der Waals surface area (Å²) in [5.41, 5.74) is 13.7. The molecule has 1 aliphatic carbocycles. The van der Waals surface area contributed by atoms with Crippen molar-refractivity contribution in [1.29, 1.82) is 0 Å². The van der Waals surface area contributed by atoms with Crippen LogP contribution in [0.2, 0.25) is 0 Å². The van der Waals surface area contributed by atoms with E-state index in [1.807, 2.05) is 37.3 Å². The maximum Gasteiger partial charge on any atom is 0.330 e. The highest BCUT2D eigenvalue weighted by Crippen LogP contribution is 2.40. The van der Waals surface area contributed by atoms with Crippen LogP contribution in [0.15, 0.2) is 94.4 Å². The maximum atomic E-state index is 14.3. The first-order valence-electron chi connectivity index (χ1n) is 22.5. The third kappa shape index (κ3) is 11.3. The normalized spacial score (nSPS) is 18.9. The second-order valence-electron chi connectivity index (χ2n) is 16.5. The molecule has 3 atom stereocenters. The van der Waals surface area contributed by atoms with Crippen molar-refractivity contribution < 1.29 is 28.5 Å². The number of aromatic nitrogens is 2. The fraction of sp³-hybridized carbons (Fsp3) is 0.431. The number of carbonyl (C=O) groups is 1. The Morgan fingerprint density at radius 3 is 2.02 bits per heavy atom. The van der Waals surface area contributed by atoms with Crippen molar-refractivity contribution in [3.63, 3.8) is 0 Å². The van der Waals surface area contributed by atoms with Crippen molar-refractivity contribution in [2.24, 2.45) is 5.92 Å². The lowest BCUT2D eigenvalue weighted by atomic mass is 9.92. The molecule has 336 valence electrons. The average molecular weight is 861 g/mol. The van der Waals surface area contributed by atoms with Crippen molar-refractivity contribution in [3.05, 3.63) is 145 Å². The summed E-state index contributed by atoms with van der Waals surface area (Å²) in [5.74, 6) is 2.48. The summed E-state index contributed by atoms with van der Waals surface area (Å²) in [7, 11) is 0. The van der Waals surface area contributed by atoms with Crippen LogP contribution in [0.5, 0.6) is 17.2 Å². The predicted molar refractivity (Wildman–Crippen MR) is 249 cm³/mol. The number of amides is 1. The van der Waals surface area contributed by atoms with Crippen LogP contribution in [0.4, 0.5) is 11.4 Å². The van der Waals surface area contributed by atoms with Crippen molar-refractivity contribution in [1.82, 2.24) is 9.55 Å². The van der Waals surface area contributed by atoms with Crippen LogP contribution in [-0.2, 0) is 40.0 Å².